The van der Waals surface area contributed by atoms with Crippen LogP contribution in [0, 0.1) is 11.2 Å². The van der Waals surface area contributed by atoms with Gasteiger partial charge in [-0.1, -0.05) is 0 Å². The Morgan fingerprint density at radius 1 is 1.26 bits per heavy atom. The molecule has 4 aromatic rings. The lowest BCUT2D eigenvalue weighted by atomic mass is 10.0. The lowest BCUT2D eigenvalue weighted by Crippen LogP contribution is -2.44. The predicted octanol–water partition coefficient (Wildman–Crippen LogP) is 3.76. The zero-order chi connectivity index (χ0) is 24.5. The number of aromatic nitrogens is 6. The van der Waals surface area contributed by atoms with E-state index in [1.165, 1.54) is 12.3 Å². The van der Waals surface area contributed by atoms with Crippen LogP contribution in [-0.2, 0) is 4.74 Å². The van der Waals surface area contributed by atoms with Gasteiger partial charge in [0.1, 0.15) is 11.6 Å². The second-order valence-corrected chi connectivity index (χ2v) is 8.52. The molecule has 3 N–H and O–H groups in total. The summed E-state index contributed by atoms with van der Waals surface area (Å²) in [6.45, 7) is 7.58. The van der Waals surface area contributed by atoms with E-state index < -0.39 is 5.82 Å². The van der Waals surface area contributed by atoms with Crippen LogP contribution in [0.25, 0.3) is 22.5 Å². The Labute approximate surface area is 201 Å². The van der Waals surface area contributed by atoms with Crippen molar-refractivity contribution in [1.82, 2.24) is 29.8 Å². The average Bonchev–Trinajstić information content (AvgIpc) is 3.49. The van der Waals surface area contributed by atoms with Crippen molar-refractivity contribution in [2.45, 2.75) is 26.8 Å². The number of nitrogens with one attached hydrogen (secondary N) is 3. The Bertz CT molecular complexity index is 1410. The molecular formula is C24H26FN9O. The third kappa shape index (κ3) is 4.37. The quantitative estimate of drug-likeness (QED) is 0.363. The fraction of sp³-hybridized carbons (Fsp3) is 0.292. The molecule has 0 amide bonds. The number of hydrogen-bond donors (Lipinski definition) is 3. The van der Waals surface area contributed by atoms with Crippen molar-refractivity contribution in [3.63, 3.8) is 0 Å². The third-order valence-corrected chi connectivity index (χ3v) is 5.95. The molecule has 35 heavy (non-hydrogen) atoms. The molecule has 0 radical (unpaired) electrons. The Morgan fingerprint density at radius 3 is 2.83 bits per heavy atom. The van der Waals surface area contributed by atoms with Gasteiger partial charge in [-0.05, 0) is 26.8 Å². The van der Waals surface area contributed by atoms with Crippen LogP contribution in [0.2, 0.25) is 0 Å². The zero-order valence-electron chi connectivity index (χ0n) is 19.7. The molecule has 5 rings (SSSR count). The lowest BCUT2D eigenvalue weighted by Gasteiger charge is -2.34. The first-order valence-electron chi connectivity index (χ1n) is 11.3. The summed E-state index contributed by atoms with van der Waals surface area (Å²) in [5.74, 6) is 0.325. The highest BCUT2D eigenvalue weighted by Gasteiger charge is 2.25. The van der Waals surface area contributed by atoms with E-state index in [2.05, 4.69) is 37.4 Å². The topological polar surface area (TPSA) is 120 Å². The van der Waals surface area contributed by atoms with E-state index in [1.54, 1.807) is 23.8 Å². The van der Waals surface area contributed by atoms with Crippen LogP contribution in [0.1, 0.15) is 26.5 Å². The molecule has 10 nitrogen and oxygen atoms in total. The minimum absolute atomic E-state index is 0.135. The van der Waals surface area contributed by atoms with E-state index in [9.17, 15) is 4.39 Å². The predicted molar refractivity (Wildman–Crippen MR) is 132 cm³/mol. The van der Waals surface area contributed by atoms with Crippen LogP contribution in [0.4, 0.5) is 15.9 Å². The maximum atomic E-state index is 13.7. The molecule has 1 atom stereocenters. The zero-order valence-corrected chi connectivity index (χ0v) is 19.7. The van der Waals surface area contributed by atoms with Gasteiger partial charge < -0.3 is 20.4 Å². The third-order valence-electron chi connectivity index (χ3n) is 5.95. The van der Waals surface area contributed by atoms with Gasteiger partial charge in [0.15, 0.2) is 5.65 Å². The summed E-state index contributed by atoms with van der Waals surface area (Å²) in [6, 6.07) is 5.31. The summed E-state index contributed by atoms with van der Waals surface area (Å²) >= 11 is 0. The van der Waals surface area contributed by atoms with Crippen molar-refractivity contribution >= 4 is 28.4 Å². The number of halogens is 1. The molecule has 4 aromatic heterocycles. The van der Waals surface area contributed by atoms with Crippen molar-refractivity contribution in [2.75, 3.05) is 30.0 Å². The van der Waals surface area contributed by atoms with Crippen LogP contribution in [0.5, 0.6) is 0 Å². The minimum atomic E-state index is -0.443. The summed E-state index contributed by atoms with van der Waals surface area (Å²) in [7, 11) is 0. The summed E-state index contributed by atoms with van der Waals surface area (Å²) in [6.07, 6.45) is 6.11. The number of ether oxygens (including phenoxy) is 1. The number of aromatic amines is 1. The van der Waals surface area contributed by atoms with Crippen LogP contribution in [-0.4, -0.2) is 61.3 Å². The van der Waals surface area contributed by atoms with Gasteiger partial charge >= 0.3 is 0 Å². The van der Waals surface area contributed by atoms with E-state index in [4.69, 9.17) is 15.1 Å². The Kier molecular flexibility index (Phi) is 6.00. The highest BCUT2D eigenvalue weighted by molar-refractivity contribution is 6.22. The number of anilines is 2. The van der Waals surface area contributed by atoms with Crippen molar-refractivity contribution in [3.8, 4) is 11.3 Å². The SMILES string of the molecule is CC(=N)/C(=C(/C)Nc1cncc(F)c1)c1cc(N2CCOCC2C)nc2c(-c3ccn[nH]3)cnn12. The van der Waals surface area contributed by atoms with E-state index in [1.807, 2.05) is 19.1 Å². The minimum Gasteiger partial charge on any atom is -0.377 e. The van der Waals surface area contributed by atoms with Gasteiger partial charge in [0.05, 0.1) is 60.5 Å². The molecule has 1 aliphatic heterocycles. The molecule has 1 fully saturated rings. The molecular weight excluding hydrogens is 449 g/mol. The van der Waals surface area contributed by atoms with Gasteiger partial charge in [0.2, 0.25) is 0 Å². The number of H-pyrrole nitrogens is 1. The highest BCUT2D eigenvalue weighted by atomic mass is 19.1. The highest BCUT2D eigenvalue weighted by Crippen LogP contribution is 2.31. The van der Waals surface area contributed by atoms with E-state index in [0.29, 0.717) is 53.8 Å². The molecule has 0 bridgehead atoms. The number of pyridine rings is 1. The van der Waals surface area contributed by atoms with Crippen molar-refractivity contribution < 1.29 is 9.13 Å². The van der Waals surface area contributed by atoms with Gasteiger partial charge in [-0.2, -0.15) is 10.2 Å². The molecule has 0 aliphatic carbocycles. The van der Waals surface area contributed by atoms with Crippen LogP contribution < -0.4 is 10.2 Å². The van der Waals surface area contributed by atoms with Crippen molar-refractivity contribution in [1.29, 1.82) is 5.41 Å². The molecule has 1 unspecified atom stereocenters. The molecule has 1 aliphatic rings. The molecule has 0 aromatic carbocycles. The number of nitrogens with zero attached hydrogens (tertiary/aromatic N) is 6. The molecule has 0 spiro atoms. The lowest BCUT2D eigenvalue weighted by molar-refractivity contribution is 0.0985. The maximum Gasteiger partial charge on any atom is 0.167 e. The summed E-state index contributed by atoms with van der Waals surface area (Å²) in [5.41, 5.74) is 5.03. The van der Waals surface area contributed by atoms with Gasteiger partial charge in [-0.15, -0.1) is 0 Å². The smallest absolute Gasteiger partial charge is 0.167 e. The van der Waals surface area contributed by atoms with E-state index >= 15 is 0 Å². The summed E-state index contributed by atoms with van der Waals surface area (Å²) in [4.78, 5) is 11.1. The van der Waals surface area contributed by atoms with Crippen LogP contribution in [0.15, 0.2) is 48.7 Å². The van der Waals surface area contributed by atoms with Crippen molar-refractivity contribution in [3.05, 3.63) is 60.2 Å². The number of allylic oxidation sites excluding steroid dienone is 2. The number of rotatable bonds is 6. The second kappa shape index (κ2) is 9.26. The molecule has 5 heterocycles. The average molecular weight is 476 g/mol. The Hall–Kier alpha value is -4.12. The second-order valence-electron chi connectivity index (χ2n) is 8.52. The monoisotopic (exact) mass is 475 g/mol. The Morgan fingerprint density at radius 2 is 2.11 bits per heavy atom. The molecule has 11 heteroatoms. The number of hydrogen-bond acceptors (Lipinski definition) is 8. The van der Waals surface area contributed by atoms with Gasteiger partial charge in [-0.25, -0.2) is 13.9 Å². The first kappa shape index (κ1) is 22.7. The van der Waals surface area contributed by atoms with E-state index in [-0.39, 0.29) is 6.04 Å². The van der Waals surface area contributed by atoms with Crippen molar-refractivity contribution in [2.24, 2.45) is 0 Å². The van der Waals surface area contributed by atoms with Crippen LogP contribution >= 0.6 is 0 Å². The van der Waals surface area contributed by atoms with Gasteiger partial charge in [-0.3, -0.25) is 10.1 Å². The number of fused-ring (bicyclic) bond motifs is 1. The summed E-state index contributed by atoms with van der Waals surface area (Å²) < 4.78 is 21.1. The maximum absolute atomic E-state index is 13.7. The number of morpholine rings is 1. The van der Waals surface area contributed by atoms with Gasteiger partial charge in [0.25, 0.3) is 0 Å². The largest absolute Gasteiger partial charge is 0.377 e. The fourth-order valence-corrected chi connectivity index (χ4v) is 4.36. The van der Waals surface area contributed by atoms with Crippen LogP contribution in [0.3, 0.4) is 0 Å². The molecule has 0 saturated carbocycles. The standard InChI is InChI=1S/C24H26FN9O/c1-14-13-35-7-6-33(14)22-9-21(34-24(31-22)19(12-29-34)20-4-5-28-32-20)23(15(2)26)16(3)30-18-8-17(25)10-27-11-18/h4-5,8-12,14,26,30H,6-7,13H2,1-3H3,(H,28,32)/b23-16+,26-15?. The molecule has 180 valence electrons. The molecule has 1 saturated heterocycles. The first-order valence-corrected chi connectivity index (χ1v) is 11.3. The van der Waals surface area contributed by atoms with E-state index in [0.717, 1.165) is 23.3 Å². The first-order chi connectivity index (χ1) is 16.9. The normalized spacial score (nSPS) is 16.9. The fourth-order valence-electron chi connectivity index (χ4n) is 4.36. The summed E-state index contributed by atoms with van der Waals surface area (Å²) in [5, 5.41) is 23.5. The Balaban J connectivity index is 1.71. The van der Waals surface area contributed by atoms with Gasteiger partial charge in [0, 0.05) is 41.9 Å².